The number of aliphatic imine (C=N–C) groups is 2. The molecule has 0 spiro atoms. The molecule has 2 aliphatic rings. The predicted molar refractivity (Wildman–Crippen MR) is 165 cm³/mol. The molecule has 8 heteroatoms. The number of allylic oxidation sites excluding steroid dienone is 4. The molecule has 2 aromatic rings. The number of hydrogen-bond donors (Lipinski definition) is 2. The molecule has 2 aliphatic carbocycles. The summed E-state index contributed by atoms with van der Waals surface area (Å²) >= 11 is 0. The number of nitrogens with zero attached hydrogens (tertiary/aromatic N) is 2. The highest BCUT2D eigenvalue weighted by molar-refractivity contribution is 6.26. The van der Waals surface area contributed by atoms with Crippen molar-refractivity contribution in [2.45, 2.75) is 66.2 Å². The van der Waals surface area contributed by atoms with Crippen LogP contribution < -0.4 is 9.47 Å². The van der Waals surface area contributed by atoms with Crippen molar-refractivity contribution in [1.29, 1.82) is 0 Å². The summed E-state index contributed by atoms with van der Waals surface area (Å²) in [4.78, 5) is 36.1. The van der Waals surface area contributed by atoms with Crippen molar-refractivity contribution >= 4 is 34.4 Å². The number of aliphatic hydroxyl groups is 2. The van der Waals surface area contributed by atoms with E-state index in [1.807, 2.05) is 52.0 Å². The largest absolute Gasteiger partial charge is 0.511 e. The zero-order valence-electron chi connectivity index (χ0n) is 25.3. The number of carbonyl (C=O) groups excluding carboxylic acids is 2. The molecular weight excluding hydrogens is 532 g/mol. The number of Topliss-reactive ketones (excluding diaryl/α,β-unsaturated/α-hetero) is 2. The highest BCUT2D eigenvalue weighted by atomic mass is 16.5. The van der Waals surface area contributed by atoms with Crippen molar-refractivity contribution in [3.8, 4) is 11.5 Å². The van der Waals surface area contributed by atoms with Crippen LogP contribution in [-0.4, -0.2) is 47.4 Å². The Kier molecular flexibility index (Phi) is 9.04. The Labute approximate surface area is 247 Å². The number of aliphatic hydroxyl groups excluding tert-OH is 2. The lowest BCUT2D eigenvalue weighted by Crippen LogP contribution is -2.33. The van der Waals surface area contributed by atoms with Gasteiger partial charge in [-0.2, -0.15) is 0 Å². The second-order valence-electron chi connectivity index (χ2n) is 12.5. The Morgan fingerprint density at radius 3 is 1.38 bits per heavy atom. The molecule has 222 valence electrons. The monoisotopic (exact) mass is 572 g/mol. The Hall–Kier alpha value is -4.20. The van der Waals surface area contributed by atoms with E-state index in [4.69, 9.17) is 19.5 Å². The van der Waals surface area contributed by atoms with Crippen molar-refractivity contribution in [1.82, 2.24) is 0 Å². The van der Waals surface area contributed by atoms with E-state index in [2.05, 4.69) is 0 Å². The van der Waals surface area contributed by atoms with Crippen LogP contribution in [0.25, 0.3) is 0 Å². The van der Waals surface area contributed by atoms with Crippen LogP contribution in [0.3, 0.4) is 0 Å². The maximum Gasteiger partial charge on any atom is 0.168 e. The van der Waals surface area contributed by atoms with Crippen LogP contribution in [0.15, 0.2) is 81.2 Å². The molecule has 0 unspecified atom stereocenters. The quantitative estimate of drug-likeness (QED) is 0.259. The van der Waals surface area contributed by atoms with E-state index in [1.54, 1.807) is 38.5 Å². The predicted octanol–water partition coefficient (Wildman–Crippen LogP) is 7.73. The van der Waals surface area contributed by atoms with Gasteiger partial charge in [0.05, 0.1) is 36.8 Å². The third-order valence-corrected chi connectivity index (χ3v) is 7.56. The number of rotatable bonds is 7. The molecule has 2 N–H and O–H groups in total. The van der Waals surface area contributed by atoms with Gasteiger partial charge in [0, 0.05) is 25.7 Å². The van der Waals surface area contributed by atoms with Gasteiger partial charge < -0.3 is 19.7 Å². The lowest BCUT2D eigenvalue weighted by Gasteiger charge is -2.32. The third-order valence-electron chi connectivity index (χ3n) is 7.56. The summed E-state index contributed by atoms with van der Waals surface area (Å²) in [5, 5.41) is 22.5. The van der Waals surface area contributed by atoms with Crippen LogP contribution >= 0.6 is 0 Å². The minimum absolute atomic E-state index is 0.0413. The van der Waals surface area contributed by atoms with E-state index in [9.17, 15) is 19.8 Å². The van der Waals surface area contributed by atoms with Gasteiger partial charge in [-0.05, 0) is 47.9 Å². The number of benzene rings is 2. The summed E-state index contributed by atoms with van der Waals surface area (Å²) in [6.45, 7) is 7.97. The maximum absolute atomic E-state index is 13.3. The fourth-order valence-corrected chi connectivity index (χ4v) is 5.64. The number of ether oxygens (including phenoxy) is 2. The van der Waals surface area contributed by atoms with E-state index >= 15 is 0 Å². The summed E-state index contributed by atoms with van der Waals surface area (Å²) in [7, 11) is 3.11. The first-order valence-electron chi connectivity index (χ1n) is 14.2. The summed E-state index contributed by atoms with van der Waals surface area (Å²) in [5.41, 5.74) is 1.72. The lowest BCUT2D eigenvalue weighted by molar-refractivity contribution is -0.118. The first kappa shape index (κ1) is 30.8. The molecular formula is C34H40N2O6. The van der Waals surface area contributed by atoms with Crippen LogP contribution in [0.2, 0.25) is 0 Å². The average Bonchev–Trinajstić information content (AvgIpc) is 2.90. The van der Waals surface area contributed by atoms with E-state index in [1.165, 1.54) is 0 Å². The second kappa shape index (κ2) is 12.3. The first-order chi connectivity index (χ1) is 19.8. The second-order valence-corrected chi connectivity index (χ2v) is 12.5. The van der Waals surface area contributed by atoms with Crippen LogP contribution in [0.4, 0.5) is 11.4 Å². The van der Waals surface area contributed by atoms with Crippen molar-refractivity contribution in [2.24, 2.45) is 20.8 Å². The molecule has 8 nitrogen and oxygen atoms in total. The summed E-state index contributed by atoms with van der Waals surface area (Å²) in [5.74, 6) is 0.369. The smallest absolute Gasteiger partial charge is 0.168 e. The molecule has 0 aliphatic heterocycles. The van der Waals surface area contributed by atoms with Crippen molar-refractivity contribution in [2.75, 3.05) is 14.2 Å². The molecule has 4 rings (SSSR count). The van der Waals surface area contributed by atoms with E-state index < -0.39 is 0 Å². The van der Waals surface area contributed by atoms with Gasteiger partial charge >= 0.3 is 0 Å². The number of ketones is 2. The van der Waals surface area contributed by atoms with Gasteiger partial charge in [0.1, 0.15) is 34.4 Å². The molecule has 2 fully saturated rings. The lowest BCUT2D eigenvalue weighted by atomic mass is 9.72. The molecule has 0 aromatic heterocycles. The van der Waals surface area contributed by atoms with Gasteiger partial charge in [-0.15, -0.1) is 0 Å². The molecule has 2 saturated carbocycles. The van der Waals surface area contributed by atoms with Crippen LogP contribution in [-0.2, 0) is 9.59 Å². The fraction of sp³-hybridized carbons (Fsp3) is 0.412. The number of para-hydroxylation sites is 4. The zero-order valence-corrected chi connectivity index (χ0v) is 25.3. The fourth-order valence-electron chi connectivity index (χ4n) is 5.64. The molecule has 0 bridgehead atoms. The molecule has 0 amide bonds. The normalized spacial score (nSPS) is 22.7. The molecule has 0 radical (unpaired) electrons. The number of carbonyl (C=O) groups is 2. The Bertz CT molecular complexity index is 1400. The highest BCUT2D eigenvalue weighted by Gasteiger charge is 2.38. The minimum atomic E-state index is -0.336. The van der Waals surface area contributed by atoms with E-state index in [-0.39, 0.29) is 70.7 Å². The number of hydrogen-bond acceptors (Lipinski definition) is 8. The Balaban J connectivity index is 1.71. The number of methoxy groups -OCH3 is 2. The van der Waals surface area contributed by atoms with Crippen LogP contribution in [0.1, 0.15) is 66.2 Å². The summed E-state index contributed by atoms with van der Waals surface area (Å²) < 4.78 is 10.9. The van der Waals surface area contributed by atoms with Gasteiger partial charge in [0.2, 0.25) is 0 Å². The standard InChI is InChI=1S/C34H40N2O6/c1-33(2)17-23(35-21-11-7-9-13-29(21)41-5)31(27(39)19-33)25(37)15-16-26(38)32-24(18-34(3,4)20-28(32)40)36-22-12-8-10-14-30(22)42-6/h7-14,37-38H,15-20H2,1-6H3. The van der Waals surface area contributed by atoms with Gasteiger partial charge in [-0.3, -0.25) is 9.59 Å². The van der Waals surface area contributed by atoms with Gasteiger partial charge in [0.25, 0.3) is 0 Å². The van der Waals surface area contributed by atoms with E-state index in [0.717, 1.165) is 0 Å². The molecule has 0 saturated heterocycles. The summed E-state index contributed by atoms with van der Waals surface area (Å²) in [6.07, 6.45) is 1.39. The van der Waals surface area contributed by atoms with Gasteiger partial charge in [-0.25, -0.2) is 9.98 Å². The molecule has 0 atom stereocenters. The summed E-state index contributed by atoms with van der Waals surface area (Å²) in [6, 6.07) is 14.5. The highest BCUT2D eigenvalue weighted by Crippen LogP contribution is 2.40. The third kappa shape index (κ3) is 6.98. The van der Waals surface area contributed by atoms with Crippen molar-refractivity contribution < 1.29 is 29.3 Å². The molecule has 42 heavy (non-hydrogen) atoms. The average molecular weight is 573 g/mol. The SMILES string of the molecule is COc1ccccc1N=C1CC(C)(C)CC(=O)C1=C(O)CCC(O)=C1C(=O)CC(C)(C)CC1=Nc1ccccc1OC. The van der Waals surface area contributed by atoms with Gasteiger partial charge in [0.15, 0.2) is 11.6 Å². The first-order valence-corrected chi connectivity index (χ1v) is 14.2. The topological polar surface area (TPSA) is 118 Å². The van der Waals surface area contributed by atoms with Crippen LogP contribution in [0, 0.1) is 10.8 Å². The molecule has 2 aromatic carbocycles. The Morgan fingerprint density at radius 2 is 1.02 bits per heavy atom. The Morgan fingerprint density at radius 1 is 0.667 bits per heavy atom. The van der Waals surface area contributed by atoms with Gasteiger partial charge in [-0.1, -0.05) is 52.0 Å². The molecule has 0 heterocycles. The van der Waals surface area contributed by atoms with Crippen molar-refractivity contribution in [3.63, 3.8) is 0 Å². The maximum atomic E-state index is 13.3. The van der Waals surface area contributed by atoms with Crippen molar-refractivity contribution in [3.05, 3.63) is 71.2 Å². The zero-order chi connectivity index (χ0) is 30.7. The van der Waals surface area contributed by atoms with E-state index in [0.29, 0.717) is 47.1 Å². The van der Waals surface area contributed by atoms with Crippen LogP contribution in [0.5, 0.6) is 11.5 Å². The minimum Gasteiger partial charge on any atom is -0.511 e.